The van der Waals surface area contributed by atoms with Crippen LogP contribution in [0.15, 0.2) is 51.8 Å². The van der Waals surface area contributed by atoms with E-state index in [0.717, 1.165) is 12.1 Å². The van der Waals surface area contributed by atoms with Crippen LogP contribution in [-0.4, -0.2) is 19.2 Å². The van der Waals surface area contributed by atoms with Crippen LogP contribution < -0.4 is 10.5 Å². The number of amides is 1. The molecule has 0 radical (unpaired) electrons. The number of carbonyl (C=O) groups is 1. The van der Waals surface area contributed by atoms with Crippen LogP contribution in [-0.2, 0) is 10.0 Å². The number of nitro benzene ring substituents is 1. The van der Waals surface area contributed by atoms with Crippen LogP contribution in [0.1, 0.15) is 10.4 Å². The number of carbonyl (C=O) groups excluding carboxylic acids is 1. The molecule has 0 aliphatic rings. The highest BCUT2D eigenvalue weighted by Crippen LogP contribution is 2.29. The van der Waals surface area contributed by atoms with Crippen molar-refractivity contribution in [1.29, 1.82) is 0 Å². The third-order valence-corrected chi connectivity index (χ3v) is 4.75. The van der Waals surface area contributed by atoms with Crippen molar-refractivity contribution in [2.45, 2.75) is 4.90 Å². The van der Waals surface area contributed by atoms with Crippen LogP contribution in [0.5, 0.6) is 0 Å². The summed E-state index contributed by atoms with van der Waals surface area (Å²) in [6.45, 7) is 0. The molecular weight excluding hydrogens is 390 g/mol. The van der Waals surface area contributed by atoms with Crippen LogP contribution in [0, 0.1) is 10.1 Å². The summed E-state index contributed by atoms with van der Waals surface area (Å²) < 4.78 is 27.4. The number of rotatable bonds is 5. The number of nitrogens with one attached hydrogen (secondary N) is 1. The fraction of sp³-hybridized carbons (Fsp3) is 0. The molecule has 0 aromatic heterocycles. The van der Waals surface area contributed by atoms with E-state index in [1.54, 1.807) is 0 Å². The molecule has 0 atom stereocenters. The molecule has 0 aliphatic carbocycles. The third-order valence-electron chi connectivity index (χ3n) is 2.84. The Morgan fingerprint density at radius 3 is 2.48 bits per heavy atom. The fourth-order valence-corrected chi connectivity index (χ4v) is 3.43. The average molecular weight is 400 g/mol. The zero-order chi connectivity index (χ0) is 17.2. The van der Waals surface area contributed by atoms with Crippen molar-refractivity contribution >= 4 is 43.2 Å². The van der Waals surface area contributed by atoms with Gasteiger partial charge in [-0.05, 0) is 24.3 Å². The second-order valence-electron chi connectivity index (χ2n) is 4.38. The van der Waals surface area contributed by atoms with Crippen LogP contribution in [0.4, 0.5) is 11.4 Å². The molecule has 0 bridgehead atoms. The van der Waals surface area contributed by atoms with Crippen molar-refractivity contribution < 1.29 is 18.1 Å². The molecule has 10 heteroatoms. The van der Waals surface area contributed by atoms with Gasteiger partial charge in [-0.1, -0.05) is 28.1 Å². The Labute approximate surface area is 139 Å². The van der Waals surface area contributed by atoms with E-state index in [1.165, 1.54) is 30.3 Å². The van der Waals surface area contributed by atoms with Gasteiger partial charge in [0.15, 0.2) is 4.90 Å². The number of sulfonamides is 1. The number of anilines is 1. The van der Waals surface area contributed by atoms with Gasteiger partial charge in [0.25, 0.3) is 21.6 Å². The topological polar surface area (TPSA) is 132 Å². The number of primary amides is 1. The van der Waals surface area contributed by atoms with E-state index >= 15 is 0 Å². The molecule has 2 aromatic rings. The number of hydrogen-bond acceptors (Lipinski definition) is 5. The van der Waals surface area contributed by atoms with Crippen LogP contribution >= 0.6 is 15.9 Å². The zero-order valence-electron chi connectivity index (χ0n) is 11.4. The zero-order valence-corrected chi connectivity index (χ0v) is 13.8. The Morgan fingerprint density at radius 2 is 1.87 bits per heavy atom. The maximum Gasteiger partial charge on any atom is 0.291 e. The standard InChI is InChI=1S/C13H10BrN3O5S/c14-8-5-6-12(11(7-8)17(19)20)23(21,22)16-10-4-2-1-3-9(10)13(15)18/h1-7,16H,(H2,15,18). The normalized spacial score (nSPS) is 11.0. The minimum atomic E-state index is -4.28. The third kappa shape index (κ3) is 3.66. The summed E-state index contributed by atoms with van der Waals surface area (Å²) in [7, 11) is -4.28. The summed E-state index contributed by atoms with van der Waals surface area (Å²) in [4.78, 5) is 21.1. The lowest BCUT2D eigenvalue weighted by molar-refractivity contribution is -0.387. The van der Waals surface area contributed by atoms with Crippen LogP contribution in [0.25, 0.3) is 0 Å². The number of hydrogen-bond donors (Lipinski definition) is 2. The molecule has 8 nitrogen and oxygen atoms in total. The minimum Gasteiger partial charge on any atom is -0.366 e. The molecule has 0 spiro atoms. The monoisotopic (exact) mass is 399 g/mol. The predicted molar refractivity (Wildman–Crippen MR) is 86.6 cm³/mol. The Morgan fingerprint density at radius 1 is 1.22 bits per heavy atom. The van der Waals surface area contributed by atoms with Crippen molar-refractivity contribution in [3.8, 4) is 0 Å². The Bertz CT molecular complexity index is 898. The molecule has 120 valence electrons. The quantitative estimate of drug-likeness (QED) is 0.587. The van der Waals surface area contributed by atoms with E-state index in [2.05, 4.69) is 20.7 Å². The first-order valence-electron chi connectivity index (χ1n) is 6.08. The predicted octanol–water partition coefficient (Wildman–Crippen LogP) is 2.26. The lowest BCUT2D eigenvalue weighted by Gasteiger charge is -2.11. The highest BCUT2D eigenvalue weighted by atomic mass is 79.9. The Hall–Kier alpha value is -2.46. The smallest absolute Gasteiger partial charge is 0.291 e. The molecule has 0 aliphatic heterocycles. The van der Waals surface area contributed by atoms with Crippen molar-refractivity contribution in [1.82, 2.24) is 0 Å². The summed E-state index contributed by atoms with van der Waals surface area (Å²) in [6, 6.07) is 9.23. The molecule has 0 saturated heterocycles. The van der Waals surface area contributed by atoms with Crippen molar-refractivity contribution in [3.05, 3.63) is 62.6 Å². The van der Waals surface area contributed by atoms with Crippen molar-refractivity contribution in [2.24, 2.45) is 5.73 Å². The van der Waals surface area contributed by atoms with Crippen LogP contribution in [0.2, 0.25) is 0 Å². The molecule has 23 heavy (non-hydrogen) atoms. The molecule has 1 amide bonds. The first kappa shape index (κ1) is 16.9. The van der Waals surface area contributed by atoms with Gasteiger partial charge in [-0.15, -0.1) is 0 Å². The number of benzene rings is 2. The number of halogens is 1. The number of nitrogens with zero attached hydrogens (tertiary/aromatic N) is 1. The largest absolute Gasteiger partial charge is 0.366 e. The maximum atomic E-state index is 12.4. The Balaban J connectivity index is 2.53. The molecule has 2 aromatic carbocycles. The van der Waals surface area contributed by atoms with Gasteiger partial charge in [0.1, 0.15) is 0 Å². The number of nitro groups is 1. The van der Waals surface area contributed by atoms with Crippen molar-refractivity contribution in [3.63, 3.8) is 0 Å². The number of nitrogens with two attached hydrogens (primary N) is 1. The molecule has 0 unspecified atom stereocenters. The van der Waals surface area contributed by atoms with Gasteiger partial charge in [0, 0.05) is 10.5 Å². The second-order valence-corrected chi connectivity index (χ2v) is 6.95. The van der Waals surface area contributed by atoms with Gasteiger partial charge in [0.2, 0.25) is 0 Å². The van der Waals surface area contributed by atoms with Gasteiger partial charge >= 0.3 is 0 Å². The Kier molecular flexibility index (Phi) is 4.66. The summed E-state index contributed by atoms with van der Waals surface area (Å²) in [5.41, 5.74) is 4.48. The van der Waals surface area contributed by atoms with Gasteiger partial charge < -0.3 is 5.73 Å². The highest BCUT2D eigenvalue weighted by molar-refractivity contribution is 9.10. The summed E-state index contributed by atoms with van der Waals surface area (Å²) in [6.07, 6.45) is 0. The molecule has 0 saturated carbocycles. The van der Waals surface area contributed by atoms with E-state index in [1.807, 2.05) is 0 Å². The lowest BCUT2D eigenvalue weighted by Crippen LogP contribution is -2.19. The first-order valence-corrected chi connectivity index (χ1v) is 8.35. The second kappa shape index (κ2) is 6.34. The van der Waals surface area contributed by atoms with Gasteiger partial charge in [-0.2, -0.15) is 0 Å². The van der Waals surface area contributed by atoms with Gasteiger partial charge in [-0.3, -0.25) is 19.6 Å². The van der Waals surface area contributed by atoms with E-state index in [4.69, 9.17) is 5.73 Å². The highest BCUT2D eigenvalue weighted by Gasteiger charge is 2.27. The van der Waals surface area contributed by atoms with Crippen LogP contribution in [0.3, 0.4) is 0 Å². The molecule has 0 fully saturated rings. The summed E-state index contributed by atoms with van der Waals surface area (Å²) in [5.74, 6) is -0.825. The number of para-hydroxylation sites is 1. The van der Waals surface area contributed by atoms with E-state index in [-0.39, 0.29) is 11.3 Å². The lowest BCUT2D eigenvalue weighted by atomic mass is 10.2. The van der Waals surface area contributed by atoms with E-state index in [9.17, 15) is 23.3 Å². The van der Waals surface area contributed by atoms with Gasteiger partial charge in [-0.25, -0.2) is 8.42 Å². The molecule has 0 heterocycles. The first-order chi connectivity index (χ1) is 10.7. The summed E-state index contributed by atoms with van der Waals surface area (Å²) >= 11 is 3.05. The maximum absolute atomic E-state index is 12.4. The van der Waals surface area contributed by atoms with E-state index in [0.29, 0.717) is 4.47 Å². The average Bonchev–Trinajstić information content (AvgIpc) is 2.46. The van der Waals surface area contributed by atoms with Crippen molar-refractivity contribution in [2.75, 3.05) is 4.72 Å². The molecule has 2 rings (SSSR count). The fourth-order valence-electron chi connectivity index (χ4n) is 1.85. The minimum absolute atomic E-state index is 0.0455. The van der Waals surface area contributed by atoms with Gasteiger partial charge in [0.05, 0.1) is 16.2 Å². The summed E-state index contributed by atoms with van der Waals surface area (Å²) in [5, 5.41) is 11.1. The van der Waals surface area contributed by atoms with E-state index < -0.39 is 31.4 Å². The molecular formula is C13H10BrN3O5S. The SMILES string of the molecule is NC(=O)c1ccccc1NS(=O)(=O)c1ccc(Br)cc1[N+](=O)[O-]. The molecule has 3 N–H and O–H groups in total.